The van der Waals surface area contributed by atoms with E-state index in [-0.39, 0.29) is 17.6 Å². The second-order valence-corrected chi connectivity index (χ2v) is 6.44. The molecule has 2 atom stereocenters. The van der Waals surface area contributed by atoms with Crippen LogP contribution in [-0.4, -0.2) is 17.8 Å². The predicted octanol–water partition coefficient (Wildman–Crippen LogP) is 4.15. The molecule has 0 amide bonds. The van der Waals surface area contributed by atoms with Crippen LogP contribution in [0.25, 0.3) is 0 Å². The summed E-state index contributed by atoms with van der Waals surface area (Å²) in [6, 6.07) is 5.17. The maximum absolute atomic E-state index is 12.5. The lowest BCUT2D eigenvalue weighted by Gasteiger charge is -2.28. The lowest BCUT2D eigenvalue weighted by Crippen LogP contribution is -2.33. The van der Waals surface area contributed by atoms with Crippen LogP contribution in [-0.2, 0) is 6.18 Å². The van der Waals surface area contributed by atoms with Crippen molar-refractivity contribution < 1.29 is 18.3 Å². The number of rotatable bonds is 6. The standard InChI is InChI=1S/C16H24F3NO/c1-11(21)9-15(3,4)10-20-12(2)13-5-7-14(8-6-13)16(17,18)19/h5-8,11-12,20-21H,9-10H2,1-4H3. The first-order chi connectivity index (χ1) is 9.51. The van der Waals surface area contributed by atoms with Crippen LogP contribution in [0.15, 0.2) is 24.3 Å². The van der Waals surface area contributed by atoms with Gasteiger partial charge >= 0.3 is 6.18 Å². The first kappa shape index (κ1) is 18.0. The lowest BCUT2D eigenvalue weighted by atomic mass is 9.86. The Kier molecular flexibility index (Phi) is 5.82. The van der Waals surface area contributed by atoms with E-state index >= 15 is 0 Å². The fraction of sp³-hybridized carbons (Fsp3) is 0.625. The molecule has 0 saturated heterocycles. The van der Waals surface area contributed by atoms with Gasteiger partial charge in [0.15, 0.2) is 0 Å². The van der Waals surface area contributed by atoms with E-state index in [4.69, 9.17) is 0 Å². The third-order valence-corrected chi connectivity index (χ3v) is 3.47. The minimum atomic E-state index is -4.30. The van der Waals surface area contributed by atoms with Gasteiger partial charge in [0.2, 0.25) is 0 Å². The largest absolute Gasteiger partial charge is 0.416 e. The van der Waals surface area contributed by atoms with Gasteiger partial charge in [-0.2, -0.15) is 13.2 Å². The number of aliphatic hydroxyl groups is 1. The van der Waals surface area contributed by atoms with Crippen molar-refractivity contribution in [3.63, 3.8) is 0 Å². The molecule has 2 N–H and O–H groups in total. The van der Waals surface area contributed by atoms with Crippen molar-refractivity contribution in [2.75, 3.05) is 6.54 Å². The van der Waals surface area contributed by atoms with E-state index in [0.29, 0.717) is 13.0 Å². The van der Waals surface area contributed by atoms with Gasteiger partial charge in [-0.25, -0.2) is 0 Å². The number of nitrogens with one attached hydrogen (secondary N) is 1. The first-order valence-corrected chi connectivity index (χ1v) is 7.10. The van der Waals surface area contributed by atoms with Gasteiger partial charge in [-0.1, -0.05) is 26.0 Å². The normalized spacial score (nSPS) is 15.8. The topological polar surface area (TPSA) is 32.3 Å². The van der Waals surface area contributed by atoms with Crippen molar-refractivity contribution in [2.24, 2.45) is 5.41 Å². The highest BCUT2D eigenvalue weighted by Gasteiger charge is 2.30. The van der Waals surface area contributed by atoms with Crippen molar-refractivity contribution in [1.82, 2.24) is 5.32 Å². The molecule has 120 valence electrons. The number of hydrogen-bond acceptors (Lipinski definition) is 2. The Labute approximate surface area is 124 Å². The maximum atomic E-state index is 12.5. The van der Waals surface area contributed by atoms with E-state index in [9.17, 15) is 18.3 Å². The third-order valence-electron chi connectivity index (χ3n) is 3.47. The Morgan fingerprint density at radius 3 is 2.05 bits per heavy atom. The van der Waals surface area contributed by atoms with E-state index in [1.54, 1.807) is 6.92 Å². The molecule has 0 saturated carbocycles. The fourth-order valence-electron chi connectivity index (χ4n) is 2.38. The molecule has 5 heteroatoms. The maximum Gasteiger partial charge on any atom is 0.416 e. The molecule has 0 radical (unpaired) electrons. The van der Waals surface area contributed by atoms with Gasteiger partial charge in [-0.05, 0) is 43.4 Å². The molecule has 0 aliphatic rings. The molecule has 0 aromatic heterocycles. The summed E-state index contributed by atoms with van der Waals surface area (Å²) in [5.41, 5.74) is 0.109. The van der Waals surface area contributed by atoms with Crippen LogP contribution in [0.3, 0.4) is 0 Å². The Balaban J connectivity index is 2.62. The molecule has 0 bridgehead atoms. The molecule has 1 rings (SSSR count). The molecule has 0 aliphatic heterocycles. The van der Waals surface area contributed by atoms with Gasteiger partial charge in [0.1, 0.15) is 0 Å². The van der Waals surface area contributed by atoms with Gasteiger partial charge in [0.05, 0.1) is 11.7 Å². The summed E-state index contributed by atoms with van der Waals surface area (Å²) in [7, 11) is 0. The average Bonchev–Trinajstić information content (AvgIpc) is 2.33. The average molecular weight is 303 g/mol. The summed E-state index contributed by atoms with van der Waals surface area (Å²) in [4.78, 5) is 0. The summed E-state index contributed by atoms with van der Waals surface area (Å²) in [6.07, 6.45) is -4.00. The van der Waals surface area contributed by atoms with E-state index in [0.717, 1.165) is 17.7 Å². The number of hydrogen-bond donors (Lipinski definition) is 2. The Morgan fingerprint density at radius 1 is 1.10 bits per heavy atom. The number of halogens is 3. The molecule has 0 heterocycles. The SMILES string of the molecule is CC(O)CC(C)(C)CNC(C)c1ccc(C(F)(F)F)cc1. The molecule has 0 spiro atoms. The predicted molar refractivity (Wildman–Crippen MR) is 77.9 cm³/mol. The fourth-order valence-corrected chi connectivity index (χ4v) is 2.38. The number of benzene rings is 1. The molecular weight excluding hydrogens is 279 g/mol. The van der Waals surface area contributed by atoms with Crippen molar-refractivity contribution >= 4 is 0 Å². The van der Waals surface area contributed by atoms with Crippen LogP contribution in [0.4, 0.5) is 13.2 Å². The van der Waals surface area contributed by atoms with Gasteiger partial charge < -0.3 is 10.4 Å². The highest BCUT2D eigenvalue weighted by molar-refractivity contribution is 5.26. The minimum Gasteiger partial charge on any atom is -0.393 e. The lowest BCUT2D eigenvalue weighted by molar-refractivity contribution is -0.137. The number of alkyl halides is 3. The van der Waals surface area contributed by atoms with Gasteiger partial charge in [-0.3, -0.25) is 0 Å². The quantitative estimate of drug-likeness (QED) is 0.827. The minimum absolute atomic E-state index is 0.0412. The van der Waals surface area contributed by atoms with Gasteiger partial charge in [0.25, 0.3) is 0 Å². The molecule has 0 aliphatic carbocycles. The zero-order valence-electron chi connectivity index (χ0n) is 13.0. The van der Waals surface area contributed by atoms with E-state index in [1.165, 1.54) is 12.1 Å². The van der Waals surface area contributed by atoms with E-state index < -0.39 is 11.7 Å². The molecule has 21 heavy (non-hydrogen) atoms. The molecule has 0 fully saturated rings. The highest BCUT2D eigenvalue weighted by atomic mass is 19.4. The van der Waals surface area contributed by atoms with Crippen molar-refractivity contribution in [3.05, 3.63) is 35.4 Å². The Hall–Kier alpha value is -1.07. The summed E-state index contributed by atoms with van der Waals surface area (Å²) in [5, 5.41) is 12.8. The highest BCUT2D eigenvalue weighted by Crippen LogP contribution is 2.30. The molecule has 1 aromatic rings. The van der Waals surface area contributed by atoms with Crippen LogP contribution in [0, 0.1) is 5.41 Å². The summed E-state index contributed by atoms with van der Waals surface area (Å²) in [6.45, 7) is 8.45. The first-order valence-electron chi connectivity index (χ1n) is 7.10. The van der Waals surface area contributed by atoms with Crippen LogP contribution in [0.5, 0.6) is 0 Å². The Morgan fingerprint density at radius 2 is 1.62 bits per heavy atom. The second kappa shape index (κ2) is 6.79. The monoisotopic (exact) mass is 303 g/mol. The molecule has 2 nitrogen and oxygen atoms in total. The summed E-state index contributed by atoms with van der Waals surface area (Å²) < 4.78 is 37.5. The van der Waals surface area contributed by atoms with Crippen LogP contribution in [0.2, 0.25) is 0 Å². The van der Waals surface area contributed by atoms with E-state index in [2.05, 4.69) is 5.32 Å². The van der Waals surface area contributed by atoms with Gasteiger partial charge in [0, 0.05) is 12.6 Å². The van der Waals surface area contributed by atoms with Crippen molar-refractivity contribution in [2.45, 2.75) is 52.4 Å². The molecular formula is C16H24F3NO. The van der Waals surface area contributed by atoms with Gasteiger partial charge in [-0.15, -0.1) is 0 Å². The second-order valence-electron chi connectivity index (χ2n) is 6.44. The number of aliphatic hydroxyl groups excluding tert-OH is 1. The van der Waals surface area contributed by atoms with Crippen molar-refractivity contribution in [1.29, 1.82) is 0 Å². The zero-order chi connectivity index (χ0) is 16.3. The smallest absolute Gasteiger partial charge is 0.393 e. The Bertz CT molecular complexity index is 438. The molecule has 2 unspecified atom stereocenters. The van der Waals surface area contributed by atoms with E-state index in [1.807, 2.05) is 20.8 Å². The zero-order valence-corrected chi connectivity index (χ0v) is 13.0. The van der Waals surface area contributed by atoms with Crippen LogP contribution >= 0.6 is 0 Å². The third kappa shape index (κ3) is 6.06. The van der Waals surface area contributed by atoms with Crippen LogP contribution in [0.1, 0.15) is 51.3 Å². The van der Waals surface area contributed by atoms with Crippen molar-refractivity contribution in [3.8, 4) is 0 Å². The summed E-state index contributed by atoms with van der Waals surface area (Å²) in [5.74, 6) is 0. The summed E-state index contributed by atoms with van der Waals surface area (Å²) >= 11 is 0. The van der Waals surface area contributed by atoms with Crippen LogP contribution < -0.4 is 5.32 Å². The molecule has 1 aromatic carbocycles.